The number of rotatable bonds is 9. The van der Waals surface area contributed by atoms with Gasteiger partial charge in [-0.15, -0.1) is 0 Å². The number of aliphatic hydroxyl groups excluding tert-OH is 1. The number of hydrogen-bond donors (Lipinski definition) is 2. The summed E-state index contributed by atoms with van der Waals surface area (Å²) in [7, 11) is 0. The molecule has 1 amide bonds. The van der Waals surface area contributed by atoms with Gasteiger partial charge < -0.3 is 19.9 Å². The van der Waals surface area contributed by atoms with Crippen molar-refractivity contribution < 1.29 is 19.4 Å². The summed E-state index contributed by atoms with van der Waals surface area (Å²) in [4.78, 5) is 12.5. The van der Waals surface area contributed by atoms with Crippen LogP contribution in [0.3, 0.4) is 0 Å². The van der Waals surface area contributed by atoms with Crippen LogP contribution in [0.5, 0.6) is 0 Å². The highest BCUT2D eigenvalue weighted by molar-refractivity contribution is 5.68. The Kier molecular flexibility index (Phi) is 9.44. The highest BCUT2D eigenvalue weighted by atomic mass is 16.6. The van der Waals surface area contributed by atoms with Crippen molar-refractivity contribution >= 4 is 6.09 Å². The van der Waals surface area contributed by atoms with Crippen LogP contribution in [0.1, 0.15) is 78.2 Å². The van der Waals surface area contributed by atoms with E-state index < -0.39 is 23.9 Å². The Morgan fingerprint density at radius 2 is 1.83 bits per heavy atom. The number of aliphatic hydroxyl groups is 1. The zero-order valence-electron chi connectivity index (χ0n) is 18.5. The summed E-state index contributed by atoms with van der Waals surface area (Å²) >= 11 is 0. The number of alkyl carbamates (subject to hydrolysis) is 1. The molecular formula is C24H39NO4. The van der Waals surface area contributed by atoms with Gasteiger partial charge in [-0.3, -0.25) is 0 Å². The van der Waals surface area contributed by atoms with Crippen molar-refractivity contribution in [3.8, 4) is 0 Å². The van der Waals surface area contributed by atoms with E-state index in [1.165, 1.54) is 32.1 Å². The van der Waals surface area contributed by atoms with Gasteiger partial charge >= 0.3 is 6.09 Å². The molecule has 0 bridgehead atoms. The van der Waals surface area contributed by atoms with Gasteiger partial charge in [0.1, 0.15) is 11.7 Å². The molecule has 2 rings (SSSR count). The number of carbonyl (C=O) groups excluding carboxylic acids is 1. The Balaban J connectivity index is 2.13. The molecule has 29 heavy (non-hydrogen) atoms. The minimum absolute atomic E-state index is 0.286. The molecule has 5 heteroatoms. The smallest absolute Gasteiger partial charge is 0.407 e. The molecule has 1 saturated carbocycles. The molecule has 1 unspecified atom stereocenters. The number of ether oxygens (including phenoxy) is 2. The van der Waals surface area contributed by atoms with E-state index in [1.54, 1.807) is 0 Å². The zero-order chi connectivity index (χ0) is 21.3. The molecule has 2 N–H and O–H groups in total. The van der Waals surface area contributed by atoms with Crippen molar-refractivity contribution in [1.82, 2.24) is 5.32 Å². The van der Waals surface area contributed by atoms with E-state index in [9.17, 15) is 9.90 Å². The van der Waals surface area contributed by atoms with Gasteiger partial charge in [-0.05, 0) is 45.1 Å². The van der Waals surface area contributed by atoms with Crippen LogP contribution < -0.4 is 5.32 Å². The first-order valence-electron chi connectivity index (χ1n) is 11.1. The molecule has 0 aromatic heterocycles. The molecule has 5 nitrogen and oxygen atoms in total. The molecule has 1 aromatic carbocycles. The average molecular weight is 406 g/mol. The van der Waals surface area contributed by atoms with Crippen LogP contribution in [-0.2, 0) is 16.1 Å². The van der Waals surface area contributed by atoms with Crippen molar-refractivity contribution in [3.05, 3.63) is 35.9 Å². The monoisotopic (exact) mass is 405 g/mol. The molecule has 164 valence electrons. The minimum Gasteiger partial charge on any atom is -0.444 e. The molecule has 0 saturated heterocycles. The number of nitrogens with one attached hydrogen (secondary N) is 1. The molecular weight excluding hydrogens is 366 g/mol. The van der Waals surface area contributed by atoms with Crippen LogP contribution in [0.2, 0.25) is 0 Å². The van der Waals surface area contributed by atoms with Gasteiger partial charge in [0.2, 0.25) is 0 Å². The third-order valence-electron chi connectivity index (χ3n) is 5.49. The Hall–Kier alpha value is -1.59. The third-order valence-corrected chi connectivity index (χ3v) is 5.49. The number of amides is 1. The predicted octanol–water partition coefficient (Wildman–Crippen LogP) is 5.21. The molecule has 1 fully saturated rings. The van der Waals surface area contributed by atoms with Crippen LogP contribution in [-0.4, -0.2) is 35.1 Å². The molecule has 0 heterocycles. The fourth-order valence-electron chi connectivity index (χ4n) is 4.01. The maximum absolute atomic E-state index is 12.5. The normalized spacial score (nSPS) is 18.7. The van der Waals surface area contributed by atoms with E-state index in [0.29, 0.717) is 18.9 Å². The van der Waals surface area contributed by atoms with E-state index >= 15 is 0 Å². The molecule has 0 radical (unpaired) electrons. The lowest BCUT2D eigenvalue weighted by atomic mass is 9.83. The fourth-order valence-corrected chi connectivity index (χ4v) is 4.01. The van der Waals surface area contributed by atoms with E-state index in [2.05, 4.69) is 5.32 Å². The second-order valence-corrected chi connectivity index (χ2v) is 9.23. The Morgan fingerprint density at radius 3 is 2.41 bits per heavy atom. The summed E-state index contributed by atoms with van der Waals surface area (Å²) in [6, 6.07) is 9.65. The Bertz CT molecular complexity index is 593. The molecule has 3 atom stereocenters. The quantitative estimate of drug-likeness (QED) is 0.592. The van der Waals surface area contributed by atoms with Gasteiger partial charge in [-0.25, -0.2) is 4.79 Å². The van der Waals surface area contributed by atoms with Crippen LogP contribution >= 0.6 is 0 Å². The minimum atomic E-state index is -0.651. The van der Waals surface area contributed by atoms with Gasteiger partial charge in [0.25, 0.3) is 0 Å². The van der Waals surface area contributed by atoms with Crippen molar-refractivity contribution in [2.24, 2.45) is 5.92 Å². The largest absolute Gasteiger partial charge is 0.444 e. The lowest BCUT2D eigenvalue weighted by Gasteiger charge is -2.35. The lowest BCUT2D eigenvalue weighted by Crippen LogP contribution is -2.51. The SMILES string of the molecule is CCC(O)[C@H](OCc1ccccc1)[C@H](CC1CCCCC1)NC(=O)OC(C)(C)C. The standard InChI is InChI=1S/C24H39NO4/c1-5-21(26)22(28-17-19-14-10-7-11-15-19)20(16-18-12-8-6-9-13-18)25-23(27)29-24(2,3)4/h7,10-11,14-15,18,20-22,26H,5-6,8-9,12-13,16-17H2,1-4H3,(H,25,27)/t20-,21?,22+/m0/s1. The Labute approximate surface area is 176 Å². The van der Waals surface area contributed by atoms with Crippen LogP contribution in [0.15, 0.2) is 30.3 Å². The highest BCUT2D eigenvalue weighted by Crippen LogP contribution is 2.29. The second kappa shape index (κ2) is 11.6. The number of benzene rings is 1. The van der Waals surface area contributed by atoms with Crippen LogP contribution in [0.25, 0.3) is 0 Å². The first kappa shape index (κ1) is 23.7. The fraction of sp³-hybridized carbons (Fsp3) is 0.708. The number of carbonyl (C=O) groups is 1. The summed E-state index contributed by atoms with van der Waals surface area (Å²) in [6.07, 6.45) is 5.87. The van der Waals surface area contributed by atoms with E-state index in [0.717, 1.165) is 12.0 Å². The van der Waals surface area contributed by atoms with Crippen molar-refractivity contribution in [3.63, 3.8) is 0 Å². The van der Waals surface area contributed by atoms with Gasteiger partial charge in [0.15, 0.2) is 0 Å². The lowest BCUT2D eigenvalue weighted by molar-refractivity contribution is -0.0706. The molecule has 1 aliphatic rings. The predicted molar refractivity (Wildman–Crippen MR) is 116 cm³/mol. The first-order valence-corrected chi connectivity index (χ1v) is 11.1. The van der Waals surface area contributed by atoms with Gasteiger partial charge in [0, 0.05) is 0 Å². The topological polar surface area (TPSA) is 67.8 Å². The van der Waals surface area contributed by atoms with E-state index in [1.807, 2.05) is 58.0 Å². The van der Waals surface area contributed by atoms with Crippen LogP contribution in [0.4, 0.5) is 4.79 Å². The van der Waals surface area contributed by atoms with Crippen LogP contribution in [0, 0.1) is 5.92 Å². The molecule has 0 spiro atoms. The molecule has 1 aromatic rings. The molecule has 0 aliphatic heterocycles. The van der Waals surface area contributed by atoms with Gasteiger partial charge in [-0.2, -0.15) is 0 Å². The summed E-state index contributed by atoms with van der Waals surface area (Å²) in [5.74, 6) is 0.538. The van der Waals surface area contributed by atoms with Gasteiger partial charge in [-0.1, -0.05) is 69.4 Å². The van der Waals surface area contributed by atoms with E-state index in [-0.39, 0.29) is 6.04 Å². The number of hydrogen-bond acceptors (Lipinski definition) is 4. The van der Waals surface area contributed by atoms with Crippen molar-refractivity contribution in [2.75, 3.05) is 0 Å². The summed E-state index contributed by atoms with van der Waals surface area (Å²) in [5, 5.41) is 13.8. The third kappa shape index (κ3) is 8.75. The van der Waals surface area contributed by atoms with Crippen molar-refractivity contribution in [1.29, 1.82) is 0 Å². The van der Waals surface area contributed by atoms with Crippen molar-refractivity contribution in [2.45, 2.75) is 103 Å². The maximum Gasteiger partial charge on any atom is 0.407 e. The molecule has 1 aliphatic carbocycles. The summed E-state index contributed by atoms with van der Waals surface area (Å²) in [6.45, 7) is 7.90. The summed E-state index contributed by atoms with van der Waals surface area (Å²) < 4.78 is 11.7. The Morgan fingerprint density at radius 1 is 1.17 bits per heavy atom. The average Bonchev–Trinajstić information content (AvgIpc) is 2.68. The van der Waals surface area contributed by atoms with E-state index in [4.69, 9.17) is 9.47 Å². The van der Waals surface area contributed by atoms with Gasteiger partial charge in [0.05, 0.1) is 18.8 Å². The zero-order valence-corrected chi connectivity index (χ0v) is 18.5. The first-order chi connectivity index (χ1) is 13.8. The maximum atomic E-state index is 12.5. The summed E-state index contributed by atoms with van der Waals surface area (Å²) in [5.41, 5.74) is 0.484. The highest BCUT2D eigenvalue weighted by Gasteiger charge is 2.33. The second-order valence-electron chi connectivity index (χ2n) is 9.23.